The van der Waals surface area contributed by atoms with Crippen molar-refractivity contribution < 1.29 is 23.2 Å². The van der Waals surface area contributed by atoms with Gasteiger partial charge in [0.15, 0.2) is 0 Å². The van der Waals surface area contributed by atoms with Crippen LogP contribution in [-0.4, -0.2) is 24.2 Å². The van der Waals surface area contributed by atoms with Crippen molar-refractivity contribution in [1.82, 2.24) is 4.98 Å². The molecule has 1 saturated heterocycles. The lowest BCUT2D eigenvalue weighted by molar-refractivity contribution is -0.679. The number of quaternary nitrogens is 1. The number of halogens is 3. The summed E-state index contributed by atoms with van der Waals surface area (Å²) in [6, 6.07) is 0.970. The second kappa shape index (κ2) is 4.91. The number of nitrogens with zero attached hydrogens (tertiary/aromatic N) is 1. The normalized spacial score (nSPS) is 30.1. The first kappa shape index (κ1) is 13.7. The predicted molar refractivity (Wildman–Crippen MR) is 66.2 cm³/mol. The summed E-state index contributed by atoms with van der Waals surface area (Å²) in [4.78, 5) is 3.74. The average molecular weight is 287 g/mol. The maximum absolute atomic E-state index is 12.9. The summed E-state index contributed by atoms with van der Waals surface area (Å²) in [5.74, 6) is -0.139. The van der Waals surface area contributed by atoms with Crippen LogP contribution in [0.2, 0.25) is 0 Å². The average Bonchev–Trinajstić information content (AvgIpc) is 2.37. The molecule has 0 radical (unpaired) electrons. The highest BCUT2D eigenvalue weighted by Crippen LogP contribution is 2.47. The van der Waals surface area contributed by atoms with E-state index >= 15 is 0 Å². The van der Waals surface area contributed by atoms with Gasteiger partial charge in [0.05, 0.1) is 19.3 Å². The van der Waals surface area contributed by atoms with Gasteiger partial charge in [-0.15, -0.1) is 0 Å². The van der Waals surface area contributed by atoms with Crippen molar-refractivity contribution >= 4 is 0 Å². The Morgan fingerprint density at radius 2 is 2.15 bits per heavy atom. The zero-order valence-corrected chi connectivity index (χ0v) is 11.1. The van der Waals surface area contributed by atoms with E-state index in [9.17, 15) is 13.2 Å². The number of pyridine rings is 1. The molecule has 3 nitrogen and oxygen atoms in total. The quantitative estimate of drug-likeness (QED) is 0.903. The highest BCUT2D eigenvalue weighted by atomic mass is 19.4. The van der Waals surface area contributed by atoms with Gasteiger partial charge >= 0.3 is 6.18 Å². The molecule has 1 saturated carbocycles. The van der Waals surface area contributed by atoms with Crippen LogP contribution in [0.4, 0.5) is 13.2 Å². The molecule has 2 N–H and O–H groups in total. The van der Waals surface area contributed by atoms with Gasteiger partial charge in [0.1, 0.15) is 17.4 Å². The van der Waals surface area contributed by atoms with Gasteiger partial charge in [0.25, 0.3) is 0 Å². The molecule has 0 bridgehead atoms. The summed E-state index contributed by atoms with van der Waals surface area (Å²) >= 11 is 0. The van der Waals surface area contributed by atoms with Gasteiger partial charge in [-0.3, -0.25) is 4.98 Å². The SMILES string of the molecule is FC(F)(F)c1ccncc1OC1CC2(CCC[NH2+]C2)C1. The van der Waals surface area contributed by atoms with E-state index in [4.69, 9.17) is 4.74 Å². The molecule has 1 aliphatic carbocycles. The molecule has 2 heterocycles. The minimum atomic E-state index is -4.39. The molecule has 2 fully saturated rings. The Hall–Kier alpha value is -1.30. The van der Waals surface area contributed by atoms with Crippen LogP contribution >= 0.6 is 0 Å². The summed E-state index contributed by atoms with van der Waals surface area (Å²) < 4.78 is 44.1. The summed E-state index contributed by atoms with van der Waals surface area (Å²) in [6.07, 6.45) is 1.89. The van der Waals surface area contributed by atoms with E-state index in [1.807, 2.05) is 0 Å². The topological polar surface area (TPSA) is 38.7 Å². The van der Waals surface area contributed by atoms with Crippen molar-refractivity contribution in [2.75, 3.05) is 13.1 Å². The van der Waals surface area contributed by atoms with Gasteiger partial charge in [-0.05, 0) is 31.7 Å². The molecule has 0 aromatic carbocycles. The van der Waals surface area contributed by atoms with Crippen molar-refractivity contribution in [3.63, 3.8) is 0 Å². The van der Waals surface area contributed by atoms with Gasteiger partial charge in [0.2, 0.25) is 0 Å². The van der Waals surface area contributed by atoms with E-state index in [1.165, 1.54) is 19.0 Å². The molecule has 0 unspecified atom stereocenters. The molecule has 1 aromatic heterocycles. The smallest absolute Gasteiger partial charge is 0.420 e. The minimum Gasteiger partial charge on any atom is -0.488 e. The third kappa shape index (κ3) is 2.61. The lowest BCUT2D eigenvalue weighted by Crippen LogP contribution is -2.90. The molecule has 1 aromatic rings. The Bertz CT molecular complexity index is 476. The van der Waals surface area contributed by atoms with Crippen molar-refractivity contribution in [3.8, 4) is 5.75 Å². The number of alkyl halides is 3. The molecule has 1 aliphatic heterocycles. The number of nitrogens with two attached hydrogens (primary N) is 1. The Morgan fingerprint density at radius 3 is 2.80 bits per heavy atom. The Kier molecular flexibility index (Phi) is 3.36. The summed E-state index contributed by atoms with van der Waals surface area (Å²) in [5, 5.41) is 2.30. The van der Waals surface area contributed by atoms with Gasteiger partial charge in [-0.25, -0.2) is 0 Å². The van der Waals surface area contributed by atoms with E-state index in [0.29, 0.717) is 5.41 Å². The Morgan fingerprint density at radius 1 is 1.35 bits per heavy atom. The highest BCUT2D eigenvalue weighted by Gasteiger charge is 2.48. The predicted octanol–water partition coefficient (Wildman–Crippen LogP) is 1.99. The molecule has 2 aliphatic rings. The van der Waals surface area contributed by atoms with E-state index in [1.54, 1.807) is 0 Å². The summed E-state index contributed by atoms with van der Waals surface area (Å²) in [6.45, 7) is 2.24. The lowest BCUT2D eigenvalue weighted by atomic mass is 9.63. The molecule has 1 spiro atoms. The largest absolute Gasteiger partial charge is 0.488 e. The van der Waals surface area contributed by atoms with Crippen LogP contribution in [0.3, 0.4) is 0 Å². The zero-order valence-electron chi connectivity index (χ0n) is 11.1. The fourth-order valence-electron chi connectivity index (χ4n) is 3.38. The first-order valence-corrected chi connectivity index (χ1v) is 6.98. The van der Waals surface area contributed by atoms with Crippen molar-refractivity contribution in [3.05, 3.63) is 24.0 Å². The van der Waals surface area contributed by atoms with Crippen LogP contribution in [0.25, 0.3) is 0 Å². The molecule has 110 valence electrons. The van der Waals surface area contributed by atoms with Crippen LogP contribution in [0.5, 0.6) is 5.75 Å². The zero-order chi connectivity index (χ0) is 14.2. The fraction of sp³-hybridized carbons (Fsp3) is 0.643. The van der Waals surface area contributed by atoms with E-state index in [2.05, 4.69) is 10.3 Å². The molecule has 6 heteroatoms. The highest BCUT2D eigenvalue weighted by molar-refractivity contribution is 5.32. The van der Waals surface area contributed by atoms with Gasteiger partial charge in [-0.1, -0.05) is 0 Å². The van der Waals surface area contributed by atoms with Crippen LogP contribution in [0.1, 0.15) is 31.2 Å². The number of piperidine rings is 1. The molecule has 20 heavy (non-hydrogen) atoms. The molecular weight excluding hydrogens is 269 g/mol. The number of ether oxygens (including phenoxy) is 1. The maximum atomic E-state index is 12.9. The Balaban J connectivity index is 1.65. The number of aromatic nitrogens is 1. The number of hydrogen-bond donors (Lipinski definition) is 1. The molecule has 0 atom stereocenters. The monoisotopic (exact) mass is 287 g/mol. The van der Waals surface area contributed by atoms with Crippen LogP contribution in [-0.2, 0) is 6.18 Å². The second-order valence-corrected chi connectivity index (χ2v) is 5.90. The molecule has 3 rings (SSSR count). The lowest BCUT2D eigenvalue weighted by Gasteiger charge is -2.47. The minimum absolute atomic E-state index is 0.105. The van der Waals surface area contributed by atoms with E-state index < -0.39 is 11.7 Å². The third-order valence-electron chi connectivity index (χ3n) is 4.40. The van der Waals surface area contributed by atoms with Crippen LogP contribution < -0.4 is 10.1 Å². The summed E-state index contributed by atoms with van der Waals surface area (Å²) in [5.41, 5.74) is -0.438. The second-order valence-electron chi connectivity index (χ2n) is 5.90. The van der Waals surface area contributed by atoms with Gasteiger partial charge in [-0.2, -0.15) is 13.2 Å². The Labute approximate surface area is 115 Å². The van der Waals surface area contributed by atoms with Crippen molar-refractivity contribution in [2.24, 2.45) is 5.41 Å². The van der Waals surface area contributed by atoms with Crippen LogP contribution in [0.15, 0.2) is 18.5 Å². The van der Waals surface area contributed by atoms with Gasteiger partial charge in [0, 0.05) is 11.6 Å². The number of rotatable bonds is 2. The number of hydrogen-bond acceptors (Lipinski definition) is 2. The van der Waals surface area contributed by atoms with Crippen molar-refractivity contribution in [1.29, 1.82) is 0 Å². The maximum Gasteiger partial charge on any atom is 0.420 e. The van der Waals surface area contributed by atoms with E-state index in [0.717, 1.165) is 38.2 Å². The van der Waals surface area contributed by atoms with Crippen molar-refractivity contribution in [2.45, 2.75) is 38.0 Å². The standard InChI is InChI=1S/C14H17F3N2O/c15-14(16,17)11-2-5-18-8-12(11)20-10-6-13(7-10)3-1-4-19-9-13/h2,5,8,10,19H,1,3-4,6-7,9H2/p+1. The van der Waals surface area contributed by atoms with Crippen LogP contribution in [0, 0.1) is 5.41 Å². The molecular formula is C14H18F3N2O+. The molecule has 0 amide bonds. The third-order valence-corrected chi connectivity index (χ3v) is 4.40. The first-order chi connectivity index (χ1) is 9.49. The van der Waals surface area contributed by atoms with E-state index in [-0.39, 0.29) is 11.9 Å². The van der Waals surface area contributed by atoms with Gasteiger partial charge < -0.3 is 10.1 Å². The fourth-order valence-corrected chi connectivity index (χ4v) is 3.38. The summed E-state index contributed by atoms with van der Waals surface area (Å²) in [7, 11) is 0. The first-order valence-electron chi connectivity index (χ1n) is 6.98.